The highest BCUT2D eigenvalue weighted by atomic mass is 127. The lowest BCUT2D eigenvalue weighted by Crippen LogP contribution is -2.00. The van der Waals surface area contributed by atoms with E-state index in [9.17, 15) is 0 Å². The predicted molar refractivity (Wildman–Crippen MR) is 92.9 cm³/mol. The van der Waals surface area contributed by atoms with E-state index in [2.05, 4.69) is 74.5 Å². The lowest BCUT2D eigenvalue weighted by Gasteiger charge is -2.08. The molecule has 0 aliphatic carbocycles. The summed E-state index contributed by atoms with van der Waals surface area (Å²) in [7, 11) is 1.95. The van der Waals surface area contributed by atoms with Crippen LogP contribution in [-0.2, 0) is 13.6 Å². The van der Waals surface area contributed by atoms with Gasteiger partial charge in [0, 0.05) is 28.4 Å². The number of aromatic nitrogens is 3. The van der Waals surface area contributed by atoms with Gasteiger partial charge < -0.3 is 9.88 Å². The van der Waals surface area contributed by atoms with Gasteiger partial charge in [-0.05, 0) is 52.4 Å². The third-order valence-corrected chi connectivity index (χ3v) is 3.96. The van der Waals surface area contributed by atoms with Crippen molar-refractivity contribution in [2.45, 2.75) is 6.54 Å². The quantitative estimate of drug-likeness (QED) is 0.691. The maximum Gasteiger partial charge on any atom is 0.163 e. The van der Waals surface area contributed by atoms with E-state index < -0.39 is 0 Å². The summed E-state index contributed by atoms with van der Waals surface area (Å²) in [5, 5.41) is 11.5. The molecule has 1 heterocycles. The molecule has 21 heavy (non-hydrogen) atoms. The number of nitrogens with zero attached hydrogens (tertiary/aromatic N) is 3. The van der Waals surface area contributed by atoms with Gasteiger partial charge in [0.2, 0.25) is 0 Å². The molecule has 3 aromatic rings. The average Bonchev–Trinajstić information content (AvgIpc) is 2.93. The molecule has 0 aliphatic heterocycles. The summed E-state index contributed by atoms with van der Waals surface area (Å²) in [6, 6.07) is 16.7. The summed E-state index contributed by atoms with van der Waals surface area (Å²) in [6.07, 6.45) is 1.71. The van der Waals surface area contributed by atoms with Gasteiger partial charge in [-0.3, -0.25) is 0 Å². The van der Waals surface area contributed by atoms with Crippen LogP contribution in [0.1, 0.15) is 5.56 Å². The molecule has 106 valence electrons. The van der Waals surface area contributed by atoms with Crippen molar-refractivity contribution < 1.29 is 0 Å². The number of benzene rings is 2. The smallest absolute Gasteiger partial charge is 0.163 e. The minimum atomic E-state index is 0.805. The third kappa shape index (κ3) is 3.41. The van der Waals surface area contributed by atoms with Gasteiger partial charge in [0.15, 0.2) is 5.82 Å². The van der Waals surface area contributed by atoms with Crippen LogP contribution >= 0.6 is 22.6 Å². The molecule has 1 N–H and O–H groups in total. The van der Waals surface area contributed by atoms with Gasteiger partial charge in [-0.2, -0.15) is 0 Å². The number of hydrogen-bond acceptors (Lipinski definition) is 3. The van der Waals surface area contributed by atoms with E-state index in [-0.39, 0.29) is 0 Å². The molecule has 0 unspecified atom stereocenters. The molecule has 0 amide bonds. The molecule has 3 rings (SSSR count). The summed E-state index contributed by atoms with van der Waals surface area (Å²) in [5.41, 5.74) is 3.40. The van der Waals surface area contributed by atoms with Crippen molar-refractivity contribution in [2.24, 2.45) is 7.05 Å². The van der Waals surface area contributed by atoms with Crippen LogP contribution in [0.4, 0.5) is 5.69 Å². The Bertz CT molecular complexity index is 734. The number of aryl methyl sites for hydroxylation is 1. The maximum absolute atomic E-state index is 4.14. The number of nitrogens with one attached hydrogen (secondary N) is 1. The van der Waals surface area contributed by atoms with Crippen molar-refractivity contribution in [1.29, 1.82) is 0 Å². The first-order valence-corrected chi connectivity index (χ1v) is 7.73. The van der Waals surface area contributed by atoms with Crippen LogP contribution in [0.3, 0.4) is 0 Å². The largest absolute Gasteiger partial charge is 0.381 e. The molecule has 1 aromatic heterocycles. The molecular weight excluding hydrogens is 375 g/mol. The second-order valence-electron chi connectivity index (χ2n) is 4.83. The summed E-state index contributed by atoms with van der Waals surface area (Å²) in [6.45, 7) is 0.805. The Morgan fingerprint density at radius 3 is 2.67 bits per heavy atom. The Labute approximate surface area is 137 Å². The Morgan fingerprint density at radius 2 is 1.95 bits per heavy atom. The molecule has 0 fully saturated rings. The molecule has 0 atom stereocenters. The zero-order valence-electron chi connectivity index (χ0n) is 11.6. The molecule has 2 aromatic carbocycles. The van der Waals surface area contributed by atoms with Crippen molar-refractivity contribution in [2.75, 3.05) is 5.32 Å². The van der Waals surface area contributed by atoms with Crippen LogP contribution in [0.25, 0.3) is 11.4 Å². The molecule has 0 saturated carbocycles. The Balaban J connectivity index is 1.74. The Morgan fingerprint density at radius 1 is 1.14 bits per heavy atom. The second-order valence-corrected chi connectivity index (χ2v) is 6.07. The maximum atomic E-state index is 4.14. The topological polar surface area (TPSA) is 42.7 Å². The lowest BCUT2D eigenvalue weighted by molar-refractivity contribution is 0.920. The van der Waals surface area contributed by atoms with Gasteiger partial charge in [0.05, 0.1) is 0 Å². The summed E-state index contributed by atoms with van der Waals surface area (Å²) in [4.78, 5) is 0. The SMILES string of the molecule is Cn1cnnc1-c1cccc(NCc2ccc(I)cc2)c1. The fourth-order valence-electron chi connectivity index (χ4n) is 2.12. The van der Waals surface area contributed by atoms with Gasteiger partial charge in [-0.15, -0.1) is 10.2 Å². The third-order valence-electron chi connectivity index (χ3n) is 3.24. The molecule has 5 heteroatoms. The van der Waals surface area contributed by atoms with E-state index in [0.717, 1.165) is 23.6 Å². The standard InChI is InChI=1S/C16H15IN4/c1-21-11-19-20-16(21)13-3-2-4-15(9-13)18-10-12-5-7-14(17)8-6-12/h2-9,11,18H,10H2,1H3. The van der Waals surface area contributed by atoms with Crippen molar-refractivity contribution in [1.82, 2.24) is 14.8 Å². The van der Waals surface area contributed by atoms with Gasteiger partial charge in [0.25, 0.3) is 0 Å². The van der Waals surface area contributed by atoms with Crippen molar-refractivity contribution in [3.8, 4) is 11.4 Å². The molecule has 4 nitrogen and oxygen atoms in total. The zero-order valence-corrected chi connectivity index (χ0v) is 13.8. The normalized spacial score (nSPS) is 10.6. The van der Waals surface area contributed by atoms with Crippen molar-refractivity contribution in [3.63, 3.8) is 0 Å². The summed E-state index contributed by atoms with van der Waals surface area (Å²) >= 11 is 2.31. The molecular formula is C16H15IN4. The first kappa shape index (κ1) is 14.1. The van der Waals surface area contributed by atoms with Gasteiger partial charge in [0.1, 0.15) is 6.33 Å². The van der Waals surface area contributed by atoms with Crippen LogP contribution in [0.15, 0.2) is 54.9 Å². The Hall–Kier alpha value is -1.89. The Kier molecular flexibility index (Phi) is 4.19. The van der Waals surface area contributed by atoms with Crippen LogP contribution in [0, 0.1) is 3.57 Å². The number of hydrogen-bond donors (Lipinski definition) is 1. The fourth-order valence-corrected chi connectivity index (χ4v) is 2.48. The lowest BCUT2D eigenvalue weighted by atomic mass is 10.1. The molecule has 0 bridgehead atoms. The van der Waals surface area contributed by atoms with Crippen LogP contribution < -0.4 is 5.32 Å². The van der Waals surface area contributed by atoms with Crippen molar-refractivity contribution in [3.05, 3.63) is 64.0 Å². The molecule has 0 spiro atoms. The van der Waals surface area contributed by atoms with Crippen LogP contribution in [-0.4, -0.2) is 14.8 Å². The van der Waals surface area contributed by atoms with Gasteiger partial charge in [-0.1, -0.05) is 24.3 Å². The molecule has 0 aliphatic rings. The van der Waals surface area contributed by atoms with E-state index in [1.54, 1.807) is 6.33 Å². The van der Waals surface area contributed by atoms with Crippen molar-refractivity contribution >= 4 is 28.3 Å². The minimum absolute atomic E-state index is 0.805. The fraction of sp³-hybridized carbons (Fsp3) is 0.125. The number of halogens is 1. The molecule has 0 saturated heterocycles. The summed E-state index contributed by atoms with van der Waals surface area (Å²) in [5.74, 6) is 0.868. The summed E-state index contributed by atoms with van der Waals surface area (Å²) < 4.78 is 3.17. The predicted octanol–water partition coefficient (Wildman–Crippen LogP) is 3.70. The van der Waals surface area contributed by atoms with E-state index >= 15 is 0 Å². The highest BCUT2D eigenvalue weighted by molar-refractivity contribution is 14.1. The van der Waals surface area contributed by atoms with Crippen LogP contribution in [0.5, 0.6) is 0 Å². The monoisotopic (exact) mass is 390 g/mol. The molecule has 0 radical (unpaired) electrons. The van der Waals surface area contributed by atoms with E-state index in [1.165, 1.54) is 9.13 Å². The van der Waals surface area contributed by atoms with E-state index in [0.29, 0.717) is 0 Å². The minimum Gasteiger partial charge on any atom is -0.381 e. The highest BCUT2D eigenvalue weighted by Gasteiger charge is 2.05. The highest BCUT2D eigenvalue weighted by Crippen LogP contribution is 2.20. The number of anilines is 1. The zero-order chi connectivity index (χ0) is 14.7. The number of rotatable bonds is 4. The first-order chi connectivity index (χ1) is 10.2. The van der Waals surface area contributed by atoms with Crippen LogP contribution in [0.2, 0.25) is 0 Å². The average molecular weight is 390 g/mol. The van der Waals surface area contributed by atoms with Gasteiger partial charge >= 0.3 is 0 Å². The van der Waals surface area contributed by atoms with E-state index in [1.807, 2.05) is 23.7 Å². The second kappa shape index (κ2) is 6.26. The first-order valence-electron chi connectivity index (χ1n) is 6.65. The van der Waals surface area contributed by atoms with E-state index in [4.69, 9.17) is 0 Å². The van der Waals surface area contributed by atoms with Gasteiger partial charge in [-0.25, -0.2) is 0 Å².